The van der Waals surface area contributed by atoms with Crippen LogP contribution in [-0.2, 0) is 0 Å². The predicted octanol–water partition coefficient (Wildman–Crippen LogP) is 7.31. The van der Waals surface area contributed by atoms with E-state index in [0.717, 1.165) is 47.3 Å². The number of aryl methyl sites for hydroxylation is 1. The van der Waals surface area contributed by atoms with Gasteiger partial charge in [0.05, 0.1) is 10.2 Å². The van der Waals surface area contributed by atoms with Crippen molar-refractivity contribution in [3.05, 3.63) is 94.5 Å². The van der Waals surface area contributed by atoms with Gasteiger partial charge in [-0.25, -0.2) is 4.98 Å². The standard InChI is InChI=1S/C26H18BrN3OS2/c1-15-14-16(25-28-22-10-2-3-11-23(22)33-25)12-13-21(15)29-26(32)30-24(31)19-8-4-7-18-17(19)6-5-9-20(18)27/h2-14H,1H3,(H2,29,30,31,32). The third-order valence-electron chi connectivity index (χ3n) is 5.36. The Hall–Kier alpha value is -3.13. The van der Waals surface area contributed by atoms with Gasteiger partial charge < -0.3 is 5.32 Å². The first-order chi connectivity index (χ1) is 16.0. The van der Waals surface area contributed by atoms with Crippen LogP contribution in [0.4, 0.5) is 5.69 Å². The molecule has 0 bridgehead atoms. The van der Waals surface area contributed by atoms with E-state index < -0.39 is 0 Å². The lowest BCUT2D eigenvalue weighted by atomic mass is 10.0. The van der Waals surface area contributed by atoms with E-state index in [-0.39, 0.29) is 11.0 Å². The molecule has 2 N–H and O–H groups in total. The molecule has 0 aliphatic rings. The Morgan fingerprint density at radius 3 is 2.58 bits per heavy atom. The van der Waals surface area contributed by atoms with Gasteiger partial charge in [0, 0.05) is 21.3 Å². The van der Waals surface area contributed by atoms with Crippen LogP contribution in [0.25, 0.3) is 31.6 Å². The monoisotopic (exact) mass is 531 g/mol. The Kier molecular flexibility index (Phi) is 5.93. The number of anilines is 1. The molecule has 4 nitrogen and oxygen atoms in total. The van der Waals surface area contributed by atoms with Gasteiger partial charge in [-0.05, 0) is 77.9 Å². The zero-order valence-electron chi connectivity index (χ0n) is 17.6. The number of carbonyl (C=O) groups is 1. The second kappa shape index (κ2) is 9.02. The molecule has 0 fully saturated rings. The van der Waals surface area contributed by atoms with Crippen molar-refractivity contribution < 1.29 is 4.79 Å². The topological polar surface area (TPSA) is 54.0 Å². The molecule has 33 heavy (non-hydrogen) atoms. The number of rotatable bonds is 3. The van der Waals surface area contributed by atoms with Crippen molar-refractivity contribution in [3.8, 4) is 10.6 Å². The Labute approximate surface area is 208 Å². The van der Waals surface area contributed by atoms with Crippen molar-refractivity contribution in [2.24, 2.45) is 0 Å². The first kappa shape index (κ1) is 21.7. The number of nitrogens with one attached hydrogen (secondary N) is 2. The molecule has 0 saturated heterocycles. The number of amides is 1. The summed E-state index contributed by atoms with van der Waals surface area (Å²) in [6, 6.07) is 25.6. The summed E-state index contributed by atoms with van der Waals surface area (Å²) < 4.78 is 2.11. The summed E-state index contributed by atoms with van der Waals surface area (Å²) >= 11 is 10.6. The van der Waals surface area contributed by atoms with Crippen molar-refractivity contribution >= 4 is 77.2 Å². The number of thiocarbonyl (C=S) groups is 1. The van der Waals surface area contributed by atoms with Crippen molar-refractivity contribution in [1.82, 2.24) is 10.3 Å². The minimum Gasteiger partial charge on any atom is -0.332 e. The van der Waals surface area contributed by atoms with Crippen LogP contribution in [0.3, 0.4) is 0 Å². The summed E-state index contributed by atoms with van der Waals surface area (Å²) in [6.07, 6.45) is 0. The minimum absolute atomic E-state index is 0.250. The molecular weight excluding hydrogens is 514 g/mol. The van der Waals surface area contributed by atoms with E-state index in [1.165, 1.54) is 0 Å². The highest BCUT2D eigenvalue weighted by Crippen LogP contribution is 2.32. The average Bonchev–Trinajstić information content (AvgIpc) is 3.24. The van der Waals surface area contributed by atoms with Crippen LogP contribution in [-0.4, -0.2) is 16.0 Å². The molecule has 1 heterocycles. The van der Waals surface area contributed by atoms with Crippen molar-refractivity contribution in [1.29, 1.82) is 0 Å². The molecule has 0 saturated carbocycles. The van der Waals surface area contributed by atoms with E-state index in [1.54, 1.807) is 17.4 Å². The molecular formula is C26H18BrN3OS2. The predicted molar refractivity (Wildman–Crippen MR) is 145 cm³/mol. The number of carbonyl (C=O) groups excluding carboxylic acids is 1. The van der Waals surface area contributed by atoms with Crippen LogP contribution in [0.2, 0.25) is 0 Å². The summed E-state index contributed by atoms with van der Waals surface area (Å²) in [5.41, 5.74) is 4.47. The maximum Gasteiger partial charge on any atom is 0.258 e. The molecule has 0 atom stereocenters. The van der Waals surface area contributed by atoms with Crippen LogP contribution >= 0.6 is 39.5 Å². The van der Waals surface area contributed by atoms with Crippen LogP contribution < -0.4 is 10.6 Å². The normalized spacial score (nSPS) is 11.0. The number of para-hydroxylation sites is 1. The molecule has 162 valence electrons. The van der Waals surface area contributed by atoms with Crippen molar-refractivity contribution in [2.75, 3.05) is 5.32 Å². The van der Waals surface area contributed by atoms with E-state index in [0.29, 0.717) is 5.56 Å². The molecule has 0 spiro atoms. The lowest BCUT2D eigenvalue weighted by Crippen LogP contribution is -2.34. The highest BCUT2D eigenvalue weighted by atomic mass is 79.9. The Morgan fingerprint density at radius 2 is 1.76 bits per heavy atom. The maximum absolute atomic E-state index is 12.9. The van der Waals surface area contributed by atoms with Gasteiger partial charge in [0.2, 0.25) is 0 Å². The zero-order valence-corrected chi connectivity index (χ0v) is 20.8. The molecule has 0 aliphatic heterocycles. The summed E-state index contributed by atoms with van der Waals surface area (Å²) in [4.78, 5) is 17.6. The van der Waals surface area contributed by atoms with Gasteiger partial charge >= 0.3 is 0 Å². The molecule has 5 rings (SSSR count). The molecule has 0 aliphatic carbocycles. The smallest absolute Gasteiger partial charge is 0.258 e. The lowest BCUT2D eigenvalue weighted by molar-refractivity contribution is 0.0979. The number of hydrogen-bond acceptors (Lipinski definition) is 4. The van der Waals surface area contributed by atoms with E-state index in [4.69, 9.17) is 17.2 Å². The fourth-order valence-corrected chi connectivity index (χ4v) is 5.39. The van der Waals surface area contributed by atoms with E-state index in [2.05, 4.69) is 38.7 Å². The van der Waals surface area contributed by atoms with Crippen LogP contribution in [0.15, 0.2) is 83.3 Å². The second-order valence-electron chi connectivity index (χ2n) is 7.57. The fourth-order valence-electron chi connectivity index (χ4n) is 3.73. The molecule has 1 amide bonds. The van der Waals surface area contributed by atoms with Gasteiger partial charge in [0.15, 0.2) is 5.11 Å². The third-order valence-corrected chi connectivity index (χ3v) is 7.34. The first-order valence-electron chi connectivity index (χ1n) is 10.3. The SMILES string of the molecule is Cc1cc(-c2nc3ccccc3s2)ccc1NC(=S)NC(=O)c1cccc2c(Br)cccc12. The molecule has 1 aromatic heterocycles. The molecule has 7 heteroatoms. The van der Waals surface area contributed by atoms with Gasteiger partial charge in [-0.3, -0.25) is 10.1 Å². The fraction of sp³-hybridized carbons (Fsp3) is 0.0385. The van der Waals surface area contributed by atoms with Gasteiger partial charge in [-0.2, -0.15) is 0 Å². The summed E-state index contributed by atoms with van der Waals surface area (Å²) in [6.45, 7) is 2.01. The third kappa shape index (κ3) is 4.39. The highest BCUT2D eigenvalue weighted by molar-refractivity contribution is 9.10. The first-order valence-corrected chi connectivity index (χ1v) is 12.3. The highest BCUT2D eigenvalue weighted by Gasteiger charge is 2.14. The van der Waals surface area contributed by atoms with E-state index >= 15 is 0 Å². The lowest BCUT2D eigenvalue weighted by Gasteiger charge is -2.13. The molecule has 0 unspecified atom stereocenters. The number of thiazole rings is 1. The van der Waals surface area contributed by atoms with Gasteiger partial charge in [0.25, 0.3) is 5.91 Å². The summed E-state index contributed by atoms with van der Waals surface area (Å²) in [5, 5.41) is 9.02. The van der Waals surface area contributed by atoms with Gasteiger partial charge in [-0.15, -0.1) is 11.3 Å². The zero-order chi connectivity index (χ0) is 22.9. The van der Waals surface area contributed by atoms with Gasteiger partial charge in [0.1, 0.15) is 5.01 Å². The van der Waals surface area contributed by atoms with Crippen LogP contribution in [0.5, 0.6) is 0 Å². The Balaban J connectivity index is 1.33. The minimum atomic E-state index is -0.250. The largest absolute Gasteiger partial charge is 0.332 e. The van der Waals surface area contributed by atoms with Crippen molar-refractivity contribution in [3.63, 3.8) is 0 Å². The quantitative estimate of drug-likeness (QED) is 0.239. The van der Waals surface area contributed by atoms with Crippen LogP contribution in [0.1, 0.15) is 15.9 Å². The van der Waals surface area contributed by atoms with Crippen LogP contribution in [0, 0.1) is 6.92 Å². The van der Waals surface area contributed by atoms with E-state index in [9.17, 15) is 4.79 Å². The number of fused-ring (bicyclic) bond motifs is 2. The van der Waals surface area contributed by atoms with E-state index in [1.807, 2.05) is 67.6 Å². The maximum atomic E-state index is 12.9. The summed E-state index contributed by atoms with van der Waals surface area (Å²) in [5.74, 6) is -0.250. The van der Waals surface area contributed by atoms with Gasteiger partial charge in [-0.1, -0.05) is 52.3 Å². The van der Waals surface area contributed by atoms with Crippen molar-refractivity contribution in [2.45, 2.75) is 6.92 Å². The number of benzene rings is 4. The number of hydrogen-bond donors (Lipinski definition) is 2. The number of aromatic nitrogens is 1. The second-order valence-corrected chi connectivity index (χ2v) is 9.86. The molecule has 5 aromatic rings. The molecule has 4 aromatic carbocycles. The Bertz CT molecular complexity index is 1510. The Morgan fingerprint density at radius 1 is 0.970 bits per heavy atom. The number of halogens is 1. The average molecular weight is 532 g/mol. The molecule has 0 radical (unpaired) electrons. The number of nitrogens with zero attached hydrogens (tertiary/aromatic N) is 1. The summed E-state index contributed by atoms with van der Waals surface area (Å²) in [7, 11) is 0.